The molecule has 0 aliphatic heterocycles. The van der Waals surface area contributed by atoms with Gasteiger partial charge in [0.1, 0.15) is 22.5 Å². The highest BCUT2D eigenvalue weighted by molar-refractivity contribution is 6.21. The topological polar surface area (TPSA) is 36.1 Å². The lowest BCUT2D eigenvalue weighted by Gasteiger charge is -2.20. The molecule has 0 spiro atoms. The SMILES string of the molecule is C1=Cc2c(c3ccc4oc5ccccc5c4c3n2-c2ccccc2-c2ccccc2-n2c3ccccc3c3ccc4oc5c(c4c32)CCC=C5)CC1. The van der Waals surface area contributed by atoms with Crippen LogP contribution in [0.4, 0.5) is 0 Å². The van der Waals surface area contributed by atoms with E-state index in [4.69, 9.17) is 8.83 Å². The summed E-state index contributed by atoms with van der Waals surface area (Å²) in [6.07, 6.45) is 13.1. The van der Waals surface area contributed by atoms with Crippen molar-refractivity contribution in [1.82, 2.24) is 9.13 Å². The van der Waals surface area contributed by atoms with Gasteiger partial charge < -0.3 is 18.0 Å². The Morgan fingerprint density at radius 2 is 1.08 bits per heavy atom. The maximum atomic E-state index is 6.50. The number of hydrogen-bond donors (Lipinski definition) is 0. The Labute approximate surface area is 299 Å². The second-order valence-corrected chi connectivity index (χ2v) is 14.2. The molecule has 0 saturated carbocycles. The van der Waals surface area contributed by atoms with Gasteiger partial charge in [-0.2, -0.15) is 0 Å². The number of rotatable bonds is 3. The standard InChI is InChI=1S/C48H32N2O2/c1-7-19-37(49-39-21-9-3-15-31(39)33-25-27-43-45(47(33)49)35-17-5-11-23-41(35)51-43)29(13-1)30-14-2-8-20-38(30)50-40-22-10-4-16-32(40)34-26-28-44-46(48(34)50)36-18-6-12-24-42(36)52-44/h1-3,6-15,18-28H,4-5,16-17H2. The molecule has 0 unspecified atom stereocenters. The monoisotopic (exact) mass is 668 g/mol. The van der Waals surface area contributed by atoms with Crippen LogP contribution in [0.25, 0.3) is 100 Å². The van der Waals surface area contributed by atoms with Crippen molar-refractivity contribution >= 4 is 77.8 Å². The maximum absolute atomic E-state index is 6.50. The highest BCUT2D eigenvalue weighted by Crippen LogP contribution is 2.46. The van der Waals surface area contributed by atoms with Gasteiger partial charge in [0.15, 0.2) is 0 Å². The minimum atomic E-state index is 0.916. The number of benzene rings is 6. The van der Waals surface area contributed by atoms with E-state index in [1.807, 2.05) is 0 Å². The Kier molecular flexibility index (Phi) is 5.70. The van der Waals surface area contributed by atoms with E-state index in [9.17, 15) is 0 Å². The average molecular weight is 669 g/mol. The summed E-state index contributed by atoms with van der Waals surface area (Å²) in [6, 6.07) is 44.0. The summed E-state index contributed by atoms with van der Waals surface area (Å²) >= 11 is 0. The van der Waals surface area contributed by atoms with Crippen LogP contribution in [0.5, 0.6) is 0 Å². The molecule has 2 aliphatic carbocycles. The lowest BCUT2D eigenvalue weighted by molar-refractivity contribution is 0.595. The highest BCUT2D eigenvalue weighted by atomic mass is 16.3. The smallest absolute Gasteiger partial charge is 0.137 e. The van der Waals surface area contributed by atoms with Crippen molar-refractivity contribution in [3.63, 3.8) is 0 Å². The molecule has 4 heterocycles. The molecule has 0 radical (unpaired) electrons. The third kappa shape index (κ3) is 3.71. The fourth-order valence-electron chi connectivity index (χ4n) is 9.34. The van der Waals surface area contributed by atoms with E-state index in [-0.39, 0.29) is 0 Å². The van der Waals surface area contributed by atoms with Crippen molar-refractivity contribution in [3.8, 4) is 22.5 Å². The maximum Gasteiger partial charge on any atom is 0.137 e. The third-order valence-electron chi connectivity index (χ3n) is 11.5. The van der Waals surface area contributed by atoms with Gasteiger partial charge in [0.25, 0.3) is 0 Å². The number of para-hydroxylation sites is 4. The lowest BCUT2D eigenvalue weighted by atomic mass is 9.98. The highest BCUT2D eigenvalue weighted by Gasteiger charge is 2.27. The van der Waals surface area contributed by atoms with E-state index in [0.717, 1.165) is 65.0 Å². The van der Waals surface area contributed by atoms with Crippen LogP contribution in [0.2, 0.25) is 0 Å². The summed E-state index contributed by atoms with van der Waals surface area (Å²) < 4.78 is 18.0. The number of aryl methyl sites for hydroxylation is 2. The molecule has 0 bridgehead atoms. The van der Waals surface area contributed by atoms with Crippen molar-refractivity contribution in [1.29, 1.82) is 0 Å². The molecule has 10 aromatic rings. The minimum absolute atomic E-state index is 0.916. The predicted molar refractivity (Wildman–Crippen MR) is 215 cm³/mol. The van der Waals surface area contributed by atoms with Crippen molar-refractivity contribution in [2.24, 2.45) is 0 Å². The molecule has 4 aromatic heterocycles. The van der Waals surface area contributed by atoms with Crippen LogP contribution in [0, 0.1) is 0 Å². The van der Waals surface area contributed by atoms with Crippen LogP contribution in [0.3, 0.4) is 0 Å². The Morgan fingerprint density at radius 1 is 0.442 bits per heavy atom. The quantitative estimate of drug-likeness (QED) is 0.188. The normalized spacial score (nSPS) is 14.1. The molecule has 12 rings (SSSR count). The van der Waals surface area contributed by atoms with Gasteiger partial charge in [-0.1, -0.05) is 84.9 Å². The van der Waals surface area contributed by atoms with Gasteiger partial charge >= 0.3 is 0 Å². The van der Waals surface area contributed by atoms with Gasteiger partial charge in [-0.15, -0.1) is 0 Å². The van der Waals surface area contributed by atoms with Crippen molar-refractivity contribution in [2.45, 2.75) is 25.7 Å². The molecule has 4 nitrogen and oxygen atoms in total. The van der Waals surface area contributed by atoms with E-state index < -0.39 is 0 Å². The molecule has 2 aliphatic rings. The summed E-state index contributed by atoms with van der Waals surface area (Å²) in [5.41, 5.74) is 15.0. The van der Waals surface area contributed by atoms with E-state index >= 15 is 0 Å². The first-order valence-electron chi connectivity index (χ1n) is 18.3. The fraction of sp³-hybridized carbons (Fsp3) is 0.0833. The number of allylic oxidation sites excluding steroid dienone is 2. The Balaban J connectivity index is 1.20. The summed E-state index contributed by atoms with van der Waals surface area (Å²) in [5, 5.41) is 7.32. The van der Waals surface area contributed by atoms with E-state index in [1.165, 1.54) is 71.4 Å². The average Bonchev–Trinajstić information content (AvgIpc) is 3.95. The van der Waals surface area contributed by atoms with Gasteiger partial charge in [0, 0.05) is 49.3 Å². The molecule has 0 amide bonds. The Hall–Kier alpha value is -6.52. The second kappa shape index (κ2) is 10.5. The first-order valence-corrected chi connectivity index (χ1v) is 18.3. The molecule has 0 atom stereocenters. The van der Waals surface area contributed by atoms with E-state index in [1.54, 1.807) is 0 Å². The summed E-state index contributed by atoms with van der Waals surface area (Å²) in [7, 11) is 0. The van der Waals surface area contributed by atoms with Gasteiger partial charge in [0.05, 0.1) is 33.3 Å². The fourth-order valence-corrected chi connectivity index (χ4v) is 9.34. The first-order chi connectivity index (χ1) is 25.8. The van der Waals surface area contributed by atoms with E-state index in [0.29, 0.717) is 0 Å². The number of hydrogen-bond acceptors (Lipinski definition) is 2. The zero-order valence-corrected chi connectivity index (χ0v) is 28.4. The number of fused-ring (bicyclic) bond motifs is 14. The van der Waals surface area contributed by atoms with Gasteiger partial charge in [0.2, 0.25) is 0 Å². The van der Waals surface area contributed by atoms with Crippen molar-refractivity contribution in [3.05, 3.63) is 156 Å². The number of furan rings is 2. The van der Waals surface area contributed by atoms with Crippen LogP contribution < -0.4 is 0 Å². The molecular formula is C48H32N2O2. The molecule has 6 aromatic carbocycles. The minimum Gasteiger partial charge on any atom is -0.456 e. The third-order valence-corrected chi connectivity index (χ3v) is 11.5. The molecule has 246 valence electrons. The zero-order chi connectivity index (χ0) is 33.9. The Morgan fingerprint density at radius 3 is 1.92 bits per heavy atom. The summed E-state index contributed by atoms with van der Waals surface area (Å²) in [4.78, 5) is 0. The molecule has 4 heteroatoms. The molecule has 0 N–H and O–H groups in total. The van der Waals surface area contributed by atoms with Crippen LogP contribution in [0.1, 0.15) is 35.4 Å². The number of nitrogens with zero attached hydrogens (tertiary/aromatic N) is 2. The van der Waals surface area contributed by atoms with E-state index in [2.05, 4.69) is 155 Å². The van der Waals surface area contributed by atoms with Crippen molar-refractivity contribution in [2.75, 3.05) is 0 Å². The summed E-state index contributed by atoms with van der Waals surface area (Å²) in [5.74, 6) is 0.986. The zero-order valence-electron chi connectivity index (χ0n) is 28.4. The first kappa shape index (κ1) is 28.2. The predicted octanol–water partition coefficient (Wildman–Crippen LogP) is 13.0. The lowest BCUT2D eigenvalue weighted by Crippen LogP contribution is -2.04. The van der Waals surface area contributed by atoms with Gasteiger partial charge in [-0.3, -0.25) is 0 Å². The molecule has 52 heavy (non-hydrogen) atoms. The van der Waals surface area contributed by atoms with Crippen LogP contribution in [-0.4, -0.2) is 9.13 Å². The largest absolute Gasteiger partial charge is 0.456 e. The molecule has 0 saturated heterocycles. The second-order valence-electron chi connectivity index (χ2n) is 14.2. The van der Waals surface area contributed by atoms with Crippen molar-refractivity contribution < 1.29 is 8.83 Å². The van der Waals surface area contributed by atoms with Gasteiger partial charge in [-0.25, -0.2) is 0 Å². The van der Waals surface area contributed by atoms with Crippen LogP contribution in [0.15, 0.2) is 142 Å². The molecular weight excluding hydrogens is 637 g/mol. The van der Waals surface area contributed by atoms with Crippen LogP contribution in [-0.2, 0) is 12.8 Å². The number of aromatic nitrogens is 2. The van der Waals surface area contributed by atoms with Crippen LogP contribution >= 0.6 is 0 Å². The Bertz CT molecular complexity index is 3190. The molecule has 0 fully saturated rings. The summed E-state index contributed by atoms with van der Waals surface area (Å²) in [6.45, 7) is 0. The van der Waals surface area contributed by atoms with Gasteiger partial charge in [-0.05, 0) is 91.9 Å².